The molecule has 0 saturated heterocycles. The van der Waals surface area contributed by atoms with E-state index in [1.54, 1.807) is 0 Å². The molecule has 118 valence electrons. The third-order valence-electron chi connectivity index (χ3n) is 4.52. The summed E-state index contributed by atoms with van der Waals surface area (Å²) in [4.78, 5) is 4.24. The highest BCUT2D eigenvalue weighted by atomic mass is 16.5. The molecule has 3 heteroatoms. The second-order valence-corrected chi connectivity index (χ2v) is 7.59. The molecule has 1 heterocycles. The zero-order valence-electron chi connectivity index (χ0n) is 14.1. The summed E-state index contributed by atoms with van der Waals surface area (Å²) < 4.78 is 6.27. The third kappa shape index (κ3) is 4.99. The lowest BCUT2D eigenvalue weighted by Crippen LogP contribution is -2.35. The smallest absolute Gasteiger partial charge is 0.142 e. The molecule has 0 aliphatic heterocycles. The molecule has 1 aromatic heterocycles. The first-order valence-corrected chi connectivity index (χ1v) is 8.20. The molecule has 21 heavy (non-hydrogen) atoms. The first-order chi connectivity index (χ1) is 9.85. The lowest BCUT2D eigenvalue weighted by molar-refractivity contribution is 0.0991. The third-order valence-corrected chi connectivity index (χ3v) is 4.52. The number of ether oxygens (including phenoxy) is 1. The van der Waals surface area contributed by atoms with Crippen molar-refractivity contribution in [1.82, 2.24) is 10.3 Å². The van der Waals surface area contributed by atoms with Crippen molar-refractivity contribution in [2.24, 2.45) is 11.8 Å². The van der Waals surface area contributed by atoms with Gasteiger partial charge in [-0.1, -0.05) is 13.8 Å². The van der Waals surface area contributed by atoms with Crippen LogP contribution in [0.4, 0.5) is 0 Å². The molecule has 0 spiro atoms. The van der Waals surface area contributed by atoms with Crippen LogP contribution in [0.1, 0.15) is 59.4 Å². The molecular formula is C18H30N2O. The molecule has 2 rings (SSSR count). The molecule has 1 N–H and O–H groups in total. The molecule has 1 aliphatic carbocycles. The van der Waals surface area contributed by atoms with E-state index in [0.717, 1.165) is 37.0 Å². The molecular weight excluding hydrogens is 260 g/mol. The highest BCUT2D eigenvalue weighted by Gasteiger charge is 2.26. The van der Waals surface area contributed by atoms with Gasteiger partial charge in [-0.2, -0.15) is 0 Å². The van der Waals surface area contributed by atoms with E-state index in [-0.39, 0.29) is 5.54 Å². The van der Waals surface area contributed by atoms with Crippen molar-refractivity contribution >= 4 is 0 Å². The summed E-state index contributed by atoms with van der Waals surface area (Å²) in [6.07, 6.45) is 7.63. The van der Waals surface area contributed by atoms with Crippen molar-refractivity contribution in [1.29, 1.82) is 0 Å². The molecule has 1 fully saturated rings. The van der Waals surface area contributed by atoms with Gasteiger partial charge in [0.25, 0.3) is 0 Å². The van der Waals surface area contributed by atoms with Crippen LogP contribution in [-0.2, 0) is 6.54 Å². The molecule has 3 nitrogen and oxygen atoms in total. The minimum atomic E-state index is 0.106. The van der Waals surface area contributed by atoms with E-state index < -0.39 is 0 Å². The van der Waals surface area contributed by atoms with E-state index in [1.165, 1.54) is 12.0 Å². The van der Waals surface area contributed by atoms with Gasteiger partial charge in [-0.3, -0.25) is 4.98 Å². The summed E-state index contributed by atoms with van der Waals surface area (Å²) in [6.45, 7) is 12.0. The van der Waals surface area contributed by atoms with E-state index in [2.05, 4.69) is 51.0 Å². The second kappa shape index (κ2) is 6.78. The first kappa shape index (κ1) is 16.3. The van der Waals surface area contributed by atoms with Crippen LogP contribution in [0.15, 0.2) is 18.5 Å². The molecule has 1 aliphatic rings. The van der Waals surface area contributed by atoms with Crippen LogP contribution in [0.5, 0.6) is 5.75 Å². The van der Waals surface area contributed by atoms with Crippen molar-refractivity contribution in [2.45, 2.75) is 72.1 Å². The number of nitrogens with one attached hydrogen (secondary N) is 1. The number of nitrogens with zero attached hydrogens (tertiary/aromatic N) is 1. The van der Waals surface area contributed by atoms with Crippen LogP contribution in [0, 0.1) is 11.8 Å². The summed E-state index contributed by atoms with van der Waals surface area (Å²) in [6, 6.07) is 2.06. The molecule has 0 aromatic carbocycles. The quantitative estimate of drug-likeness (QED) is 0.903. The summed E-state index contributed by atoms with van der Waals surface area (Å²) in [5.74, 6) is 2.51. The number of pyridine rings is 1. The Bertz CT molecular complexity index is 453. The van der Waals surface area contributed by atoms with Crippen LogP contribution in [-0.4, -0.2) is 16.6 Å². The standard InChI is InChI=1S/C18H30N2O/c1-13-6-7-16(10-14(13)2)21-17-12-19-9-8-15(17)11-20-18(3,4)5/h8-9,12-14,16,20H,6-7,10-11H2,1-5H3. The Hall–Kier alpha value is -1.09. The average Bonchev–Trinajstić information content (AvgIpc) is 2.41. The fourth-order valence-corrected chi connectivity index (χ4v) is 2.81. The fraction of sp³-hybridized carbons (Fsp3) is 0.722. The fourth-order valence-electron chi connectivity index (χ4n) is 2.81. The van der Waals surface area contributed by atoms with Crippen LogP contribution in [0.3, 0.4) is 0 Å². The van der Waals surface area contributed by atoms with Crippen LogP contribution >= 0.6 is 0 Å². The highest BCUT2D eigenvalue weighted by Crippen LogP contribution is 2.32. The van der Waals surface area contributed by atoms with Crippen LogP contribution in [0.25, 0.3) is 0 Å². The molecule has 1 aromatic rings. The Morgan fingerprint density at radius 3 is 2.67 bits per heavy atom. The summed E-state index contributed by atoms with van der Waals surface area (Å²) in [5, 5.41) is 3.52. The minimum absolute atomic E-state index is 0.106. The van der Waals surface area contributed by atoms with Crippen molar-refractivity contribution in [3.05, 3.63) is 24.0 Å². The second-order valence-electron chi connectivity index (χ2n) is 7.59. The van der Waals surface area contributed by atoms with Gasteiger partial charge in [0.05, 0.1) is 12.3 Å². The van der Waals surface area contributed by atoms with Crippen molar-refractivity contribution in [3.63, 3.8) is 0 Å². The normalized spacial score (nSPS) is 26.6. The van der Waals surface area contributed by atoms with Gasteiger partial charge in [0, 0.05) is 23.8 Å². The SMILES string of the molecule is CC1CCC(Oc2cnccc2CNC(C)(C)C)CC1C. The van der Waals surface area contributed by atoms with Gasteiger partial charge in [0.1, 0.15) is 5.75 Å². The molecule has 1 saturated carbocycles. The van der Waals surface area contributed by atoms with Gasteiger partial charge in [0.15, 0.2) is 0 Å². The Balaban J connectivity index is 2.00. The topological polar surface area (TPSA) is 34.1 Å². The largest absolute Gasteiger partial charge is 0.488 e. The van der Waals surface area contributed by atoms with E-state index in [0.29, 0.717) is 6.10 Å². The van der Waals surface area contributed by atoms with Gasteiger partial charge in [-0.15, -0.1) is 0 Å². The van der Waals surface area contributed by atoms with Crippen LogP contribution < -0.4 is 10.1 Å². The zero-order chi connectivity index (χ0) is 15.5. The van der Waals surface area contributed by atoms with Gasteiger partial charge in [-0.25, -0.2) is 0 Å². The van der Waals surface area contributed by atoms with Crippen LogP contribution in [0.2, 0.25) is 0 Å². The predicted octanol–water partition coefficient (Wildman–Crippen LogP) is 4.17. The highest BCUT2D eigenvalue weighted by molar-refractivity contribution is 5.30. The Morgan fingerprint density at radius 1 is 1.24 bits per heavy atom. The zero-order valence-corrected chi connectivity index (χ0v) is 14.1. The first-order valence-electron chi connectivity index (χ1n) is 8.20. The predicted molar refractivity (Wildman–Crippen MR) is 87.4 cm³/mol. The molecule has 0 amide bonds. The maximum Gasteiger partial charge on any atom is 0.142 e. The maximum absolute atomic E-state index is 6.27. The number of hydrogen-bond acceptors (Lipinski definition) is 3. The summed E-state index contributed by atoms with van der Waals surface area (Å²) in [5.41, 5.74) is 1.31. The lowest BCUT2D eigenvalue weighted by Gasteiger charge is -2.32. The van der Waals surface area contributed by atoms with Crippen molar-refractivity contribution < 1.29 is 4.74 Å². The van der Waals surface area contributed by atoms with E-state index >= 15 is 0 Å². The van der Waals surface area contributed by atoms with Crippen molar-refractivity contribution in [2.75, 3.05) is 0 Å². The molecule has 0 radical (unpaired) electrons. The Morgan fingerprint density at radius 2 is 2.00 bits per heavy atom. The minimum Gasteiger partial charge on any atom is -0.488 e. The van der Waals surface area contributed by atoms with E-state index in [1.807, 2.05) is 12.4 Å². The average molecular weight is 290 g/mol. The van der Waals surface area contributed by atoms with Gasteiger partial charge < -0.3 is 10.1 Å². The molecule has 3 atom stereocenters. The van der Waals surface area contributed by atoms with Gasteiger partial charge in [0.2, 0.25) is 0 Å². The number of hydrogen-bond donors (Lipinski definition) is 1. The number of aromatic nitrogens is 1. The van der Waals surface area contributed by atoms with Gasteiger partial charge in [-0.05, 0) is 57.9 Å². The van der Waals surface area contributed by atoms with Crippen molar-refractivity contribution in [3.8, 4) is 5.75 Å². The Labute approximate surface area is 129 Å². The number of rotatable bonds is 4. The maximum atomic E-state index is 6.27. The summed E-state index contributed by atoms with van der Waals surface area (Å²) >= 11 is 0. The molecule has 3 unspecified atom stereocenters. The molecule has 0 bridgehead atoms. The van der Waals surface area contributed by atoms with E-state index in [4.69, 9.17) is 4.74 Å². The van der Waals surface area contributed by atoms with Gasteiger partial charge >= 0.3 is 0 Å². The van der Waals surface area contributed by atoms with E-state index in [9.17, 15) is 0 Å². The summed E-state index contributed by atoms with van der Waals surface area (Å²) in [7, 11) is 0. The lowest BCUT2D eigenvalue weighted by atomic mass is 9.80. The monoisotopic (exact) mass is 290 g/mol. The Kier molecular flexibility index (Phi) is 5.26.